The van der Waals surface area contributed by atoms with Gasteiger partial charge in [-0.3, -0.25) is 0 Å². The lowest BCUT2D eigenvalue weighted by Crippen LogP contribution is -2.08. The molecule has 1 aromatic carbocycles. The molecule has 0 amide bonds. The van der Waals surface area contributed by atoms with Crippen molar-refractivity contribution >= 4 is 12.4 Å². The Morgan fingerprint density at radius 3 is 2.27 bits per heavy atom. The summed E-state index contributed by atoms with van der Waals surface area (Å²) in [4.78, 5) is 0. The van der Waals surface area contributed by atoms with Crippen LogP contribution in [0.1, 0.15) is 24.9 Å². The van der Waals surface area contributed by atoms with Gasteiger partial charge in [0.2, 0.25) is 0 Å². The number of methoxy groups -OCH3 is 2. The van der Waals surface area contributed by atoms with Gasteiger partial charge >= 0.3 is 0 Å². The maximum absolute atomic E-state index is 5.91. The van der Waals surface area contributed by atoms with Crippen LogP contribution in [0.5, 0.6) is 11.5 Å². The predicted molar refractivity (Wildman–Crippen MR) is 64.0 cm³/mol. The number of benzene rings is 1. The van der Waals surface area contributed by atoms with E-state index >= 15 is 0 Å². The molecular weight excluding hydrogens is 214 g/mol. The summed E-state index contributed by atoms with van der Waals surface area (Å²) in [6.45, 7) is 2.06. The monoisotopic (exact) mass is 231 g/mol. The van der Waals surface area contributed by atoms with Crippen molar-refractivity contribution in [3.05, 3.63) is 23.8 Å². The third kappa shape index (κ3) is 3.29. The smallest absolute Gasteiger partial charge is 0.161 e. The van der Waals surface area contributed by atoms with E-state index in [1.54, 1.807) is 14.2 Å². The molecule has 0 radical (unpaired) electrons. The van der Waals surface area contributed by atoms with E-state index in [1.165, 1.54) is 0 Å². The van der Waals surface area contributed by atoms with E-state index in [-0.39, 0.29) is 18.4 Å². The Balaban J connectivity index is 0.00000196. The highest BCUT2D eigenvalue weighted by Gasteiger charge is 2.08. The molecule has 15 heavy (non-hydrogen) atoms. The van der Waals surface area contributed by atoms with Crippen LogP contribution in [0.4, 0.5) is 0 Å². The highest BCUT2D eigenvalue weighted by Crippen LogP contribution is 2.29. The molecule has 0 aromatic heterocycles. The van der Waals surface area contributed by atoms with Gasteiger partial charge in [-0.25, -0.2) is 0 Å². The summed E-state index contributed by atoms with van der Waals surface area (Å²) in [6, 6.07) is 5.83. The highest BCUT2D eigenvalue weighted by atomic mass is 35.5. The third-order valence-electron chi connectivity index (χ3n) is 2.28. The minimum atomic E-state index is 0. The molecule has 0 bridgehead atoms. The zero-order valence-electron chi connectivity index (χ0n) is 9.32. The largest absolute Gasteiger partial charge is 0.493 e. The lowest BCUT2D eigenvalue weighted by atomic mass is 10.1. The first-order chi connectivity index (χ1) is 6.72. The Hall–Kier alpha value is -0.930. The summed E-state index contributed by atoms with van der Waals surface area (Å²) in [5.74, 6) is 1.47. The minimum Gasteiger partial charge on any atom is -0.493 e. The van der Waals surface area contributed by atoms with Crippen LogP contribution in [0.2, 0.25) is 0 Å². The Morgan fingerprint density at radius 2 is 1.80 bits per heavy atom. The molecule has 4 heteroatoms. The van der Waals surface area contributed by atoms with Gasteiger partial charge in [0.25, 0.3) is 0 Å². The molecule has 0 heterocycles. The topological polar surface area (TPSA) is 44.5 Å². The molecule has 3 nitrogen and oxygen atoms in total. The zero-order valence-corrected chi connectivity index (χ0v) is 10.1. The Morgan fingerprint density at radius 1 is 1.20 bits per heavy atom. The van der Waals surface area contributed by atoms with Crippen LogP contribution in [0.15, 0.2) is 18.2 Å². The molecule has 1 aromatic rings. The van der Waals surface area contributed by atoms with E-state index in [1.807, 2.05) is 18.2 Å². The van der Waals surface area contributed by atoms with Gasteiger partial charge in [-0.05, 0) is 24.1 Å². The molecule has 0 aliphatic carbocycles. The van der Waals surface area contributed by atoms with Crippen molar-refractivity contribution < 1.29 is 9.47 Å². The maximum atomic E-state index is 5.91. The average molecular weight is 232 g/mol. The maximum Gasteiger partial charge on any atom is 0.161 e. The van der Waals surface area contributed by atoms with Gasteiger partial charge in [0, 0.05) is 6.04 Å². The van der Waals surface area contributed by atoms with Crippen molar-refractivity contribution in [2.24, 2.45) is 5.73 Å². The fourth-order valence-electron chi connectivity index (χ4n) is 1.32. The summed E-state index contributed by atoms with van der Waals surface area (Å²) < 4.78 is 10.3. The van der Waals surface area contributed by atoms with Crippen molar-refractivity contribution in [2.45, 2.75) is 19.4 Å². The van der Waals surface area contributed by atoms with E-state index in [0.717, 1.165) is 23.5 Å². The fourth-order valence-corrected chi connectivity index (χ4v) is 1.32. The second-order valence-corrected chi connectivity index (χ2v) is 3.13. The van der Waals surface area contributed by atoms with Gasteiger partial charge in [-0.1, -0.05) is 13.0 Å². The van der Waals surface area contributed by atoms with Crippen LogP contribution in [0, 0.1) is 0 Å². The molecule has 0 aliphatic rings. The molecule has 0 spiro atoms. The van der Waals surface area contributed by atoms with Crippen LogP contribution in [0.25, 0.3) is 0 Å². The SMILES string of the molecule is CC[C@H](N)c1ccc(OC)c(OC)c1.Cl. The summed E-state index contributed by atoms with van der Waals surface area (Å²) >= 11 is 0. The second-order valence-electron chi connectivity index (χ2n) is 3.13. The third-order valence-corrected chi connectivity index (χ3v) is 2.28. The van der Waals surface area contributed by atoms with Crippen molar-refractivity contribution in [1.29, 1.82) is 0 Å². The van der Waals surface area contributed by atoms with Crippen molar-refractivity contribution in [3.8, 4) is 11.5 Å². The average Bonchev–Trinajstić information content (AvgIpc) is 2.26. The standard InChI is InChI=1S/C11H17NO2.ClH/c1-4-9(12)8-5-6-10(13-2)11(7-8)14-3;/h5-7,9H,4,12H2,1-3H3;1H/t9-;/m0./s1. The van der Waals surface area contributed by atoms with Gasteiger partial charge in [0.15, 0.2) is 11.5 Å². The fraction of sp³-hybridized carbons (Fsp3) is 0.455. The molecule has 0 saturated heterocycles. The van der Waals surface area contributed by atoms with E-state index < -0.39 is 0 Å². The normalized spacial score (nSPS) is 11.5. The van der Waals surface area contributed by atoms with Crippen LogP contribution >= 0.6 is 12.4 Å². The van der Waals surface area contributed by atoms with E-state index in [9.17, 15) is 0 Å². The summed E-state index contributed by atoms with van der Waals surface area (Å²) in [6.07, 6.45) is 0.912. The van der Waals surface area contributed by atoms with E-state index in [2.05, 4.69) is 6.92 Å². The molecule has 0 saturated carbocycles. The molecule has 86 valence electrons. The second kappa shape index (κ2) is 6.53. The van der Waals surface area contributed by atoms with Gasteiger partial charge in [0.1, 0.15) is 0 Å². The lowest BCUT2D eigenvalue weighted by molar-refractivity contribution is 0.354. The molecule has 1 atom stereocenters. The predicted octanol–water partition coefficient (Wildman–Crippen LogP) is 2.54. The van der Waals surface area contributed by atoms with Crippen LogP contribution in [-0.4, -0.2) is 14.2 Å². The zero-order chi connectivity index (χ0) is 10.6. The number of halogens is 1. The minimum absolute atomic E-state index is 0. The Labute approximate surface area is 97.0 Å². The molecule has 0 aliphatic heterocycles. The number of hydrogen-bond donors (Lipinski definition) is 1. The van der Waals surface area contributed by atoms with Crippen molar-refractivity contribution in [1.82, 2.24) is 0 Å². The van der Waals surface area contributed by atoms with Crippen LogP contribution in [-0.2, 0) is 0 Å². The van der Waals surface area contributed by atoms with Crippen molar-refractivity contribution in [3.63, 3.8) is 0 Å². The summed E-state index contributed by atoms with van der Waals surface area (Å²) in [5, 5.41) is 0. The van der Waals surface area contributed by atoms with Gasteiger partial charge < -0.3 is 15.2 Å². The number of ether oxygens (including phenoxy) is 2. The van der Waals surface area contributed by atoms with Crippen LogP contribution in [0.3, 0.4) is 0 Å². The van der Waals surface area contributed by atoms with Crippen LogP contribution < -0.4 is 15.2 Å². The number of hydrogen-bond acceptors (Lipinski definition) is 3. The Kier molecular flexibility index (Phi) is 6.13. The lowest BCUT2D eigenvalue weighted by Gasteiger charge is -2.13. The summed E-state index contributed by atoms with van der Waals surface area (Å²) in [7, 11) is 3.25. The molecule has 1 rings (SSSR count). The molecule has 2 N–H and O–H groups in total. The first-order valence-electron chi connectivity index (χ1n) is 4.70. The van der Waals surface area contributed by atoms with Gasteiger partial charge in [-0.15, -0.1) is 12.4 Å². The first kappa shape index (κ1) is 14.1. The summed E-state index contributed by atoms with van der Waals surface area (Å²) in [5.41, 5.74) is 6.99. The van der Waals surface area contributed by atoms with E-state index in [4.69, 9.17) is 15.2 Å². The first-order valence-corrected chi connectivity index (χ1v) is 4.70. The molecule has 0 fully saturated rings. The number of rotatable bonds is 4. The highest BCUT2D eigenvalue weighted by molar-refractivity contribution is 5.85. The van der Waals surface area contributed by atoms with Gasteiger partial charge in [0.05, 0.1) is 14.2 Å². The molecular formula is C11H18ClNO2. The van der Waals surface area contributed by atoms with Gasteiger partial charge in [-0.2, -0.15) is 0 Å². The molecule has 0 unspecified atom stereocenters. The number of nitrogens with two attached hydrogens (primary N) is 1. The van der Waals surface area contributed by atoms with Crippen molar-refractivity contribution in [2.75, 3.05) is 14.2 Å². The van der Waals surface area contributed by atoms with E-state index in [0.29, 0.717) is 0 Å². The Bertz CT molecular complexity index is 305. The quantitative estimate of drug-likeness (QED) is 0.866.